The molecule has 20 heavy (non-hydrogen) atoms. The Labute approximate surface area is 124 Å². The third kappa shape index (κ3) is 3.25. The highest BCUT2D eigenvalue weighted by Gasteiger charge is 2.14. The maximum absolute atomic E-state index is 5.85. The highest BCUT2D eigenvalue weighted by Crippen LogP contribution is 2.27. The molecular weight excluding hydrogens is 274 g/mol. The molecule has 0 unspecified atom stereocenters. The average molecular weight is 294 g/mol. The van der Waals surface area contributed by atoms with E-state index in [1.165, 1.54) is 5.56 Å². The van der Waals surface area contributed by atoms with E-state index in [1.807, 2.05) is 13.0 Å². The van der Waals surface area contributed by atoms with E-state index >= 15 is 0 Å². The van der Waals surface area contributed by atoms with E-state index in [-0.39, 0.29) is 12.1 Å². The lowest BCUT2D eigenvalue weighted by Crippen LogP contribution is -2.12. The summed E-state index contributed by atoms with van der Waals surface area (Å²) in [4.78, 5) is 0. The van der Waals surface area contributed by atoms with Crippen molar-refractivity contribution in [2.75, 3.05) is 5.73 Å². The first kappa shape index (κ1) is 14.7. The smallest absolute Gasteiger partial charge is 0.181 e. The highest BCUT2D eigenvalue weighted by molar-refractivity contribution is 6.32. The Balaban J connectivity index is 2.10. The van der Waals surface area contributed by atoms with Gasteiger partial charge in [-0.3, -0.25) is 0 Å². The summed E-state index contributed by atoms with van der Waals surface area (Å²) in [6.07, 6.45) is 1.65. The van der Waals surface area contributed by atoms with Crippen molar-refractivity contribution >= 4 is 17.4 Å². The van der Waals surface area contributed by atoms with Gasteiger partial charge in [0.05, 0.1) is 0 Å². The molecule has 0 bridgehead atoms. The molecule has 0 fully saturated rings. The van der Waals surface area contributed by atoms with E-state index in [1.54, 1.807) is 10.9 Å². The quantitative estimate of drug-likeness (QED) is 0.937. The molecule has 1 heterocycles. The molecule has 0 amide bonds. The average Bonchev–Trinajstić information content (AvgIpc) is 2.66. The van der Waals surface area contributed by atoms with Gasteiger partial charge in [0.2, 0.25) is 0 Å². The van der Waals surface area contributed by atoms with Gasteiger partial charge in [-0.15, -0.1) is 0 Å². The van der Waals surface area contributed by atoms with Crippen molar-refractivity contribution in [1.82, 2.24) is 9.78 Å². The Morgan fingerprint density at radius 2 is 2.05 bits per heavy atom. The van der Waals surface area contributed by atoms with Gasteiger partial charge in [-0.1, -0.05) is 44.5 Å². The molecule has 0 aliphatic carbocycles. The van der Waals surface area contributed by atoms with Gasteiger partial charge < -0.3 is 10.5 Å². The van der Waals surface area contributed by atoms with Gasteiger partial charge in [0, 0.05) is 6.20 Å². The van der Waals surface area contributed by atoms with Gasteiger partial charge in [0.25, 0.3) is 0 Å². The molecule has 108 valence electrons. The molecule has 0 radical (unpaired) electrons. The Kier molecular flexibility index (Phi) is 3.95. The SMILES string of the molecule is Cc1cc(C(C)(C)C)ccc1OCn1cc(Cl)c(N)n1. The molecule has 2 rings (SSSR count). The van der Waals surface area contributed by atoms with Crippen molar-refractivity contribution in [2.24, 2.45) is 0 Å². The molecular formula is C15H20ClN3O. The zero-order valence-corrected chi connectivity index (χ0v) is 13.0. The number of halogens is 1. The fourth-order valence-electron chi connectivity index (χ4n) is 1.89. The molecule has 0 aliphatic rings. The number of aryl methyl sites for hydroxylation is 1. The minimum atomic E-state index is 0.132. The summed E-state index contributed by atoms with van der Waals surface area (Å²) >= 11 is 5.85. The molecule has 0 spiro atoms. The third-order valence-electron chi connectivity index (χ3n) is 3.14. The Morgan fingerprint density at radius 1 is 1.35 bits per heavy atom. The summed E-state index contributed by atoms with van der Waals surface area (Å²) in [5.41, 5.74) is 8.11. The van der Waals surface area contributed by atoms with Crippen LogP contribution in [0.4, 0.5) is 5.82 Å². The standard InChI is InChI=1S/C15H20ClN3O/c1-10-7-11(15(2,3)4)5-6-13(10)20-9-19-8-12(16)14(17)18-19/h5-8H,9H2,1-4H3,(H2,17,18). The van der Waals surface area contributed by atoms with Gasteiger partial charge in [0.1, 0.15) is 10.8 Å². The second-order valence-corrected chi connectivity index (χ2v) is 6.31. The van der Waals surface area contributed by atoms with Crippen LogP contribution < -0.4 is 10.5 Å². The zero-order chi connectivity index (χ0) is 14.9. The van der Waals surface area contributed by atoms with Crippen molar-refractivity contribution in [3.8, 4) is 5.75 Å². The summed E-state index contributed by atoms with van der Waals surface area (Å²) in [5.74, 6) is 1.15. The summed E-state index contributed by atoms with van der Waals surface area (Å²) in [6.45, 7) is 8.89. The minimum absolute atomic E-state index is 0.132. The van der Waals surface area contributed by atoms with Crippen LogP contribution in [0.2, 0.25) is 5.02 Å². The monoisotopic (exact) mass is 293 g/mol. The van der Waals surface area contributed by atoms with Crippen molar-refractivity contribution in [2.45, 2.75) is 39.8 Å². The number of nitrogens with two attached hydrogens (primary N) is 1. The van der Waals surface area contributed by atoms with E-state index < -0.39 is 0 Å². The molecule has 1 aromatic carbocycles. The Hall–Kier alpha value is -1.68. The number of ether oxygens (including phenoxy) is 1. The topological polar surface area (TPSA) is 53.1 Å². The second-order valence-electron chi connectivity index (χ2n) is 5.91. The highest BCUT2D eigenvalue weighted by atomic mass is 35.5. The molecule has 2 aromatic rings. The van der Waals surface area contributed by atoms with Crippen molar-refractivity contribution < 1.29 is 4.74 Å². The number of aromatic nitrogens is 2. The normalized spacial score (nSPS) is 11.7. The van der Waals surface area contributed by atoms with Gasteiger partial charge >= 0.3 is 0 Å². The Bertz CT molecular complexity index is 595. The maximum Gasteiger partial charge on any atom is 0.181 e. The number of nitrogens with zero attached hydrogens (tertiary/aromatic N) is 2. The first-order chi connectivity index (χ1) is 9.27. The predicted molar refractivity (Wildman–Crippen MR) is 82.2 cm³/mol. The molecule has 5 heteroatoms. The molecule has 1 aromatic heterocycles. The fourth-order valence-corrected chi connectivity index (χ4v) is 2.04. The van der Waals surface area contributed by atoms with Crippen LogP contribution in [0.25, 0.3) is 0 Å². The third-order valence-corrected chi connectivity index (χ3v) is 3.43. The van der Waals surface area contributed by atoms with Crippen LogP contribution >= 0.6 is 11.6 Å². The van der Waals surface area contributed by atoms with E-state index in [9.17, 15) is 0 Å². The predicted octanol–water partition coefficient (Wildman–Crippen LogP) is 3.76. The van der Waals surface area contributed by atoms with Crippen LogP contribution in [0.15, 0.2) is 24.4 Å². The van der Waals surface area contributed by atoms with E-state index in [0.29, 0.717) is 10.8 Å². The van der Waals surface area contributed by atoms with Crippen LogP contribution in [0.1, 0.15) is 31.9 Å². The van der Waals surface area contributed by atoms with Crippen molar-refractivity contribution in [3.63, 3.8) is 0 Å². The van der Waals surface area contributed by atoms with Crippen molar-refractivity contribution in [1.29, 1.82) is 0 Å². The lowest BCUT2D eigenvalue weighted by molar-refractivity contribution is 0.220. The summed E-state index contributed by atoms with van der Waals surface area (Å²) < 4.78 is 7.32. The van der Waals surface area contributed by atoms with Gasteiger partial charge in [-0.2, -0.15) is 5.10 Å². The molecule has 0 saturated carbocycles. The van der Waals surface area contributed by atoms with Gasteiger partial charge in [0.15, 0.2) is 12.5 Å². The number of rotatable bonds is 3. The number of benzene rings is 1. The van der Waals surface area contributed by atoms with E-state index in [2.05, 4.69) is 38.0 Å². The summed E-state index contributed by atoms with van der Waals surface area (Å²) in [7, 11) is 0. The zero-order valence-electron chi connectivity index (χ0n) is 12.3. The van der Waals surface area contributed by atoms with Gasteiger partial charge in [-0.25, -0.2) is 4.68 Å². The van der Waals surface area contributed by atoms with E-state index in [4.69, 9.17) is 22.1 Å². The van der Waals surface area contributed by atoms with Crippen LogP contribution in [0, 0.1) is 6.92 Å². The number of hydrogen-bond donors (Lipinski definition) is 1. The number of nitrogen functional groups attached to an aromatic ring is 1. The first-order valence-electron chi connectivity index (χ1n) is 6.50. The molecule has 0 atom stereocenters. The van der Waals surface area contributed by atoms with Crippen LogP contribution in [-0.4, -0.2) is 9.78 Å². The lowest BCUT2D eigenvalue weighted by Gasteiger charge is -2.20. The summed E-state index contributed by atoms with van der Waals surface area (Å²) in [5, 5.41) is 4.49. The summed E-state index contributed by atoms with van der Waals surface area (Å²) in [6, 6.07) is 6.23. The molecule has 2 N–H and O–H groups in total. The lowest BCUT2D eigenvalue weighted by atomic mass is 9.86. The largest absolute Gasteiger partial charge is 0.471 e. The molecule has 4 nitrogen and oxygen atoms in total. The molecule has 0 saturated heterocycles. The molecule has 0 aliphatic heterocycles. The Morgan fingerprint density at radius 3 is 2.55 bits per heavy atom. The second kappa shape index (κ2) is 5.37. The van der Waals surface area contributed by atoms with Crippen LogP contribution in [-0.2, 0) is 12.1 Å². The minimum Gasteiger partial charge on any atom is -0.471 e. The van der Waals surface area contributed by atoms with Crippen LogP contribution in [0.5, 0.6) is 5.75 Å². The van der Waals surface area contributed by atoms with Crippen molar-refractivity contribution in [3.05, 3.63) is 40.5 Å². The first-order valence-corrected chi connectivity index (χ1v) is 6.87. The fraction of sp³-hybridized carbons (Fsp3) is 0.400. The van der Waals surface area contributed by atoms with Crippen LogP contribution in [0.3, 0.4) is 0 Å². The van der Waals surface area contributed by atoms with Gasteiger partial charge in [-0.05, 0) is 29.5 Å². The number of hydrogen-bond acceptors (Lipinski definition) is 3. The number of anilines is 1. The maximum atomic E-state index is 5.85. The van der Waals surface area contributed by atoms with E-state index in [0.717, 1.165) is 11.3 Å².